The maximum Gasteiger partial charge on any atom is 0.256 e. The maximum absolute atomic E-state index is 13.0. The second kappa shape index (κ2) is 10.7. The molecule has 0 radical (unpaired) electrons. The van der Waals surface area contributed by atoms with Crippen molar-refractivity contribution < 1.29 is 23.8 Å². The second-order valence-electron chi connectivity index (χ2n) is 8.04. The molecular formula is C23H30N4O6. The normalized spacial score (nSPS) is 15.5. The summed E-state index contributed by atoms with van der Waals surface area (Å²) in [5.41, 5.74) is 0.340. The highest BCUT2D eigenvalue weighted by Crippen LogP contribution is 2.35. The van der Waals surface area contributed by atoms with Crippen LogP contribution in [-0.4, -0.2) is 74.0 Å². The van der Waals surface area contributed by atoms with Gasteiger partial charge in [-0.1, -0.05) is 0 Å². The van der Waals surface area contributed by atoms with E-state index in [0.29, 0.717) is 35.5 Å². The molecule has 4 rings (SSSR count). The Balaban J connectivity index is 1.29. The van der Waals surface area contributed by atoms with Gasteiger partial charge >= 0.3 is 0 Å². The Hall–Kier alpha value is -3.11. The molecular weight excluding hydrogens is 428 g/mol. The number of hydrogen-bond acceptors (Lipinski definition) is 7. The standard InChI is InChI=1S/C23H30N4O6/c1-2-27-14-17(22(29)16-12-19-20(13-18(16)27)33-15-32-19)23(30)25-6-4-21(28)24-5-3-7-26-8-10-31-11-9-26/h12-14H,2-11,15H2,1H3,(H,24,28)(H,25,30). The smallest absolute Gasteiger partial charge is 0.256 e. The van der Waals surface area contributed by atoms with Crippen LogP contribution in [0.2, 0.25) is 0 Å². The quantitative estimate of drug-likeness (QED) is 0.533. The molecule has 10 heteroatoms. The summed E-state index contributed by atoms with van der Waals surface area (Å²) in [7, 11) is 0. The van der Waals surface area contributed by atoms with Gasteiger partial charge in [0.15, 0.2) is 11.5 Å². The zero-order valence-corrected chi connectivity index (χ0v) is 18.9. The van der Waals surface area contributed by atoms with E-state index in [4.69, 9.17) is 14.2 Å². The number of hydrogen-bond donors (Lipinski definition) is 2. The van der Waals surface area contributed by atoms with Crippen LogP contribution in [0.1, 0.15) is 30.1 Å². The average molecular weight is 459 g/mol. The number of carbonyl (C=O) groups excluding carboxylic acids is 2. The van der Waals surface area contributed by atoms with Crippen LogP contribution < -0.4 is 25.5 Å². The Morgan fingerprint density at radius 1 is 1.06 bits per heavy atom. The lowest BCUT2D eigenvalue weighted by Crippen LogP contribution is -2.38. The molecule has 0 spiro atoms. The van der Waals surface area contributed by atoms with Crippen molar-refractivity contribution >= 4 is 22.7 Å². The van der Waals surface area contributed by atoms with Gasteiger partial charge in [0.1, 0.15) is 5.56 Å². The predicted octanol–water partition coefficient (Wildman–Crippen LogP) is 0.709. The summed E-state index contributed by atoms with van der Waals surface area (Å²) in [4.78, 5) is 40.1. The molecule has 0 bridgehead atoms. The van der Waals surface area contributed by atoms with Crippen molar-refractivity contribution in [3.63, 3.8) is 0 Å². The Morgan fingerprint density at radius 2 is 1.82 bits per heavy atom. The highest BCUT2D eigenvalue weighted by molar-refractivity contribution is 5.98. The molecule has 33 heavy (non-hydrogen) atoms. The number of ether oxygens (including phenoxy) is 3. The highest BCUT2D eigenvalue weighted by atomic mass is 16.7. The summed E-state index contributed by atoms with van der Waals surface area (Å²) < 4.78 is 17.9. The van der Waals surface area contributed by atoms with Crippen molar-refractivity contribution in [3.8, 4) is 11.5 Å². The molecule has 2 aliphatic heterocycles. The number of rotatable bonds is 9. The van der Waals surface area contributed by atoms with Crippen LogP contribution >= 0.6 is 0 Å². The third-order valence-corrected chi connectivity index (χ3v) is 5.87. The first-order valence-electron chi connectivity index (χ1n) is 11.4. The fourth-order valence-electron chi connectivity index (χ4n) is 4.03. The SMILES string of the molecule is CCn1cc(C(=O)NCCC(=O)NCCCN2CCOCC2)c(=O)c2cc3c(cc21)OCO3. The van der Waals surface area contributed by atoms with Crippen LogP contribution in [0.15, 0.2) is 23.1 Å². The topological polar surface area (TPSA) is 111 Å². The molecule has 1 aromatic heterocycles. The number of amides is 2. The summed E-state index contributed by atoms with van der Waals surface area (Å²) in [6.07, 6.45) is 2.57. The lowest BCUT2D eigenvalue weighted by molar-refractivity contribution is -0.120. The van der Waals surface area contributed by atoms with E-state index in [-0.39, 0.29) is 36.7 Å². The molecule has 2 aliphatic rings. The fraction of sp³-hybridized carbons (Fsp3) is 0.522. The zero-order valence-electron chi connectivity index (χ0n) is 18.9. The summed E-state index contributed by atoms with van der Waals surface area (Å²) in [5.74, 6) is 0.443. The first-order valence-corrected chi connectivity index (χ1v) is 11.4. The first kappa shape index (κ1) is 23.1. The van der Waals surface area contributed by atoms with Crippen molar-refractivity contribution in [2.75, 3.05) is 52.7 Å². The Labute approximate surface area is 191 Å². The van der Waals surface area contributed by atoms with E-state index in [9.17, 15) is 14.4 Å². The zero-order chi connectivity index (χ0) is 23.2. The molecule has 3 heterocycles. The summed E-state index contributed by atoms with van der Waals surface area (Å²) in [6, 6.07) is 3.38. The Kier molecular flexibility index (Phi) is 7.46. The Bertz CT molecular complexity index is 1080. The van der Waals surface area contributed by atoms with Gasteiger partial charge in [-0.25, -0.2) is 0 Å². The number of carbonyl (C=O) groups is 2. The number of aromatic nitrogens is 1. The molecule has 1 aromatic carbocycles. The first-order chi connectivity index (χ1) is 16.1. The lowest BCUT2D eigenvalue weighted by atomic mass is 10.1. The van der Waals surface area contributed by atoms with E-state index in [1.54, 1.807) is 18.3 Å². The van der Waals surface area contributed by atoms with Crippen molar-refractivity contribution in [1.29, 1.82) is 0 Å². The van der Waals surface area contributed by atoms with Gasteiger partial charge in [-0.05, 0) is 26.0 Å². The summed E-state index contributed by atoms with van der Waals surface area (Å²) in [5, 5.41) is 5.96. The average Bonchev–Trinajstić information content (AvgIpc) is 3.29. The molecule has 1 saturated heterocycles. The van der Waals surface area contributed by atoms with Gasteiger partial charge in [0, 0.05) is 51.4 Å². The van der Waals surface area contributed by atoms with E-state index >= 15 is 0 Å². The van der Waals surface area contributed by atoms with Gasteiger partial charge < -0.3 is 29.4 Å². The predicted molar refractivity (Wildman–Crippen MR) is 122 cm³/mol. The highest BCUT2D eigenvalue weighted by Gasteiger charge is 2.20. The van der Waals surface area contributed by atoms with Crippen LogP contribution in [0.4, 0.5) is 0 Å². The molecule has 2 aromatic rings. The molecule has 2 N–H and O–H groups in total. The Morgan fingerprint density at radius 3 is 2.58 bits per heavy atom. The molecule has 178 valence electrons. The van der Waals surface area contributed by atoms with Gasteiger partial charge in [-0.2, -0.15) is 0 Å². The van der Waals surface area contributed by atoms with Gasteiger partial charge in [0.25, 0.3) is 5.91 Å². The van der Waals surface area contributed by atoms with E-state index in [0.717, 1.165) is 39.3 Å². The van der Waals surface area contributed by atoms with Crippen LogP contribution in [0.5, 0.6) is 11.5 Å². The molecule has 0 atom stereocenters. The molecule has 0 unspecified atom stereocenters. The van der Waals surface area contributed by atoms with Gasteiger partial charge in [-0.3, -0.25) is 19.3 Å². The molecule has 0 aliphatic carbocycles. The number of fused-ring (bicyclic) bond motifs is 2. The minimum Gasteiger partial charge on any atom is -0.454 e. The van der Waals surface area contributed by atoms with Crippen molar-refractivity contribution in [2.24, 2.45) is 0 Å². The number of aryl methyl sites for hydroxylation is 1. The number of benzene rings is 1. The largest absolute Gasteiger partial charge is 0.454 e. The number of morpholine rings is 1. The van der Waals surface area contributed by atoms with E-state index in [2.05, 4.69) is 15.5 Å². The fourth-order valence-corrected chi connectivity index (χ4v) is 4.03. The summed E-state index contributed by atoms with van der Waals surface area (Å²) in [6.45, 7) is 7.65. The third kappa shape index (κ3) is 5.45. The van der Waals surface area contributed by atoms with Crippen LogP contribution in [0, 0.1) is 0 Å². The second-order valence-corrected chi connectivity index (χ2v) is 8.04. The minimum atomic E-state index is -0.498. The van der Waals surface area contributed by atoms with Gasteiger partial charge in [-0.15, -0.1) is 0 Å². The number of nitrogens with one attached hydrogen (secondary N) is 2. The molecule has 2 amide bonds. The van der Waals surface area contributed by atoms with Crippen molar-refractivity contribution in [2.45, 2.75) is 26.3 Å². The van der Waals surface area contributed by atoms with Gasteiger partial charge in [0.2, 0.25) is 18.1 Å². The minimum absolute atomic E-state index is 0.0362. The van der Waals surface area contributed by atoms with Crippen LogP contribution in [-0.2, 0) is 16.1 Å². The van der Waals surface area contributed by atoms with E-state index < -0.39 is 5.91 Å². The number of pyridine rings is 1. The molecule has 1 fully saturated rings. The lowest BCUT2D eigenvalue weighted by Gasteiger charge is -2.26. The molecule has 0 saturated carbocycles. The summed E-state index contributed by atoms with van der Waals surface area (Å²) >= 11 is 0. The van der Waals surface area contributed by atoms with Crippen LogP contribution in [0.25, 0.3) is 10.9 Å². The third-order valence-electron chi connectivity index (χ3n) is 5.87. The van der Waals surface area contributed by atoms with Crippen molar-refractivity contribution in [3.05, 3.63) is 34.1 Å². The van der Waals surface area contributed by atoms with E-state index in [1.807, 2.05) is 11.5 Å². The molecule has 10 nitrogen and oxygen atoms in total. The van der Waals surface area contributed by atoms with E-state index in [1.165, 1.54) is 0 Å². The maximum atomic E-state index is 13.0. The van der Waals surface area contributed by atoms with Crippen LogP contribution in [0.3, 0.4) is 0 Å². The monoisotopic (exact) mass is 458 g/mol. The van der Waals surface area contributed by atoms with Crippen molar-refractivity contribution in [1.82, 2.24) is 20.1 Å². The van der Waals surface area contributed by atoms with Gasteiger partial charge in [0.05, 0.1) is 24.1 Å². The number of nitrogens with zero attached hydrogens (tertiary/aromatic N) is 2.